The Balaban J connectivity index is 1.64. The molecule has 3 rings (SSSR count). The van der Waals surface area contributed by atoms with Crippen LogP contribution in [0.4, 0.5) is 5.69 Å². The van der Waals surface area contributed by atoms with Crippen LogP contribution in [0.25, 0.3) is 0 Å². The van der Waals surface area contributed by atoms with Gasteiger partial charge in [0.15, 0.2) is 0 Å². The lowest BCUT2D eigenvalue weighted by Crippen LogP contribution is -2.37. The minimum atomic E-state index is -3.61. The number of amides is 1. The number of benzene rings is 2. The first-order chi connectivity index (χ1) is 12.8. The maximum Gasteiger partial charge on any atom is 0.240 e. The van der Waals surface area contributed by atoms with Crippen LogP contribution in [0.1, 0.15) is 35.1 Å². The molecule has 0 aromatic heterocycles. The van der Waals surface area contributed by atoms with Gasteiger partial charge < -0.3 is 4.90 Å². The molecule has 2 aromatic rings. The van der Waals surface area contributed by atoms with Crippen molar-refractivity contribution in [3.05, 3.63) is 58.7 Å². The van der Waals surface area contributed by atoms with Crippen LogP contribution >= 0.6 is 0 Å². The number of fused-ring (bicyclic) bond motifs is 1. The maximum atomic E-state index is 12.7. The molecule has 1 aliphatic rings. The van der Waals surface area contributed by atoms with Crippen LogP contribution in [0.5, 0.6) is 0 Å². The van der Waals surface area contributed by atoms with Crippen molar-refractivity contribution in [3.8, 4) is 0 Å². The van der Waals surface area contributed by atoms with E-state index >= 15 is 0 Å². The van der Waals surface area contributed by atoms with E-state index in [0.717, 1.165) is 29.7 Å². The molecule has 27 heavy (non-hydrogen) atoms. The Labute approximate surface area is 161 Å². The molecule has 6 heteroatoms. The summed E-state index contributed by atoms with van der Waals surface area (Å²) in [4.78, 5) is 14.7. The molecule has 2 aromatic carbocycles. The minimum Gasteiger partial charge on any atom is -0.312 e. The summed E-state index contributed by atoms with van der Waals surface area (Å²) in [7, 11) is -3.61. The zero-order chi connectivity index (χ0) is 19.6. The first-order valence-electron chi connectivity index (χ1n) is 9.25. The normalized spacial score (nSPS) is 14.1. The Hall–Kier alpha value is -2.18. The van der Waals surface area contributed by atoms with E-state index in [2.05, 4.69) is 10.8 Å². The molecule has 0 fully saturated rings. The lowest BCUT2D eigenvalue weighted by molar-refractivity contribution is -0.118. The summed E-state index contributed by atoms with van der Waals surface area (Å²) in [6.07, 6.45) is 2.04. The molecule has 1 amide bonds. The van der Waals surface area contributed by atoms with E-state index in [1.165, 1.54) is 11.1 Å². The molecule has 0 spiro atoms. The van der Waals surface area contributed by atoms with Crippen molar-refractivity contribution in [1.82, 2.24) is 4.72 Å². The monoisotopic (exact) mass is 386 g/mol. The van der Waals surface area contributed by atoms with Crippen LogP contribution < -0.4 is 9.62 Å². The number of nitrogens with one attached hydrogen (secondary N) is 1. The smallest absolute Gasteiger partial charge is 0.240 e. The average molecular weight is 387 g/mol. The number of carbonyl (C=O) groups excluding carboxylic acids is 1. The van der Waals surface area contributed by atoms with Gasteiger partial charge in [-0.25, -0.2) is 13.1 Å². The number of nitrogens with zero attached hydrogens (tertiary/aromatic N) is 1. The maximum absolute atomic E-state index is 12.7. The predicted octanol–water partition coefficient (Wildman–Crippen LogP) is 3.26. The molecule has 5 nitrogen and oxygen atoms in total. The molecule has 1 N–H and O–H groups in total. The topological polar surface area (TPSA) is 66.5 Å². The van der Waals surface area contributed by atoms with Gasteiger partial charge in [0, 0.05) is 25.2 Å². The van der Waals surface area contributed by atoms with Crippen LogP contribution in [-0.2, 0) is 21.2 Å². The lowest BCUT2D eigenvalue weighted by atomic mass is 9.99. The zero-order valence-electron chi connectivity index (χ0n) is 16.1. The third-order valence-electron chi connectivity index (χ3n) is 5.07. The molecule has 0 bridgehead atoms. The highest BCUT2D eigenvalue weighted by atomic mass is 32.2. The molecule has 1 heterocycles. The summed E-state index contributed by atoms with van der Waals surface area (Å²) in [6, 6.07) is 11.2. The van der Waals surface area contributed by atoms with Crippen LogP contribution in [0, 0.1) is 20.8 Å². The number of rotatable bonds is 5. The van der Waals surface area contributed by atoms with Gasteiger partial charge in [-0.15, -0.1) is 0 Å². The largest absolute Gasteiger partial charge is 0.312 e. The van der Waals surface area contributed by atoms with Crippen LogP contribution in [0.2, 0.25) is 0 Å². The van der Waals surface area contributed by atoms with Crippen molar-refractivity contribution in [2.75, 3.05) is 18.0 Å². The number of carbonyl (C=O) groups is 1. The van der Waals surface area contributed by atoms with Gasteiger partial charge in [0.2, 0.25) is 15.9 Å². The number of aryl methyl sites for hydroxylation is 4. The molecule has 144 valence electrons. The molecule has 1 aliphatic heterocycles. The molecular weight excluding hydrogens is 360 g/mol. The van der Waals surface area contributed by atoms with Gasteiger partial charge in [0.05, 0.1) is 4.90 Å². The Kier molecular flexibility index (Phi) is 5.67. The van der Waals surface area contributed by atoms with Gasteiger partial charge in [0.1, 0.15) is 0 Å². The molecule has 0 unspecified atom stereocenters. The van der Waals surface area contributed by atoms with E-state index in [4.69, 9.17) is 0 Å². The average Bonchev–Trinajstić information content (AvgIpc) is 2.62. The van der Waals surface area contributed by atoms with Gasteiger partial charge in [0.25, 0.3) is 0 Å². The molecule has 0 saturated heterocycles. The summed E-state index contributed by atoms with van der Waals surface area (Å²) in [5.41, 5.74) is 5.29. The number of hydrogen-bond acceptors (Lipinski definition) is 3. The van der Waals surface area contributed by atoms with E-state index in [1.807, 2.05) is 32.9 Å². The number of anilines is 1. The Morgan fingerprint density at radius 3 is 2.59 bits per heavy atom. The minimum absolute atomic E-state index is 0.0532. The van der Waals surface area contributed by atoms with E-state index in [1.54, 1.807) is 23.1 Å². The summed E-state index contributed by atoms with van der Waals surface area (Å²) < 4.78 is 27.5. The quantitative estimate of drug-likeness (QED) is 0.858. The predicted molar refractivity (Wildman–Crippen MR) is 108 cm³/mol. The van der Waals surface area contributed by atoms with E-state index in [0.29, 0.717) is 6.54 Å². The lowest BCUT2D eigenvalue weighted by Gasteiger charge is -2.30. The van der Waals surface area contributed by atoms with E-state index in [-0.39, 0.29) is 23.8 Å². The third-order valence-corrected chi connectivity index (χ3v) is 6.53. The van der Waals surface area contributed by atoms with Crippen molar-refractivity contribution in [3.63, 3.8) is 0 Å². The highest BCUT2D eigenvalue weighted by Crippen LogP contribution is 2.28. The Bertz CT molecular complexity index is 967. The summed E-state index contributed by atoms with van der Waals surface area (Å²) >= 11 is 0. The summed E-state index contributed by atoms with van der Waals surface area (Å²) in [5.74, 6) is -0.0532. The third kappa shape index (κ3) is 4.39. The van der Waals surface area contributed by atoms with E-state index in [9.17, 15) is 13.2 Å². The Morgan fingerprint density at radius 2 is 1.85 bits per heavy atom. The highest BCUT2D eigenvalue weighted by molar-refractivity contribution is 7.89. The Morgan fingerprint density at radius 1 is 1.07 bits per heavy atom. The SMILES string of the molecule is Cc1ccc2c(c1)CCCN2C(=O)CCNS(=O)(=O)c1ccc(C)c(C)c1. The van der Waals surface area contributed by atoms with Gasteiger partial charge in [-0.05, 0) is 68.5 Å². The summed E-state index contributed by atoms with van der Waals surface area (Å²) in [6.45, 7) is 6.64. The standard InChI is InChI=1S/C21H26N2O3S/c1-15-6-9-20-18(13-15)5-4-12-23(20)21(24)10-11-22-27(25,26)19-8-7-16(2)17(3)14-19/h6-9,13-14,22H,4-5,10-12H2,1-3H3. The first kappa shape index (κ1) is 19.6. The number of hydrogen-bond donors (Lipinski definition) is 1. The fourth-order valence-corrected chi connectivity index (χ4v) is 4.49. The van der Waals surface area contributed by atoms with Crippen LogP contribution in [0.3, 0.4) is 0 Å². The van der Waals surface area contributed by atoms with Crippen molar-refractivity contribution in [2.45, 2.75) is 44.9 Å². The zero-order valence-corrected chi connectivity index (χ0v) is 16.9. The van der Waals surface area contributed by atoms with Crippen molar-refractivity contribution in [2.24, 2.45) is 0 Å². The molecule has 0 saturated carbocycles. The fourth-order valence-electron chi connectivity index (χ4n) is 3.38. The first-order valence-corrected chi connectivity index (χ1v) is 10.7. The molecule has 0 radical (unpaired) electrons. The van der Waals surface area contributed by atoms with Crippen molar-refractivity contribution >= 4 is 21.6 Å². The van der Waals surface area contributed by atoms with Crippen molar-refractivity contribution < 1.29 is 13.2 Å². The second kappa shape index (κ2) is 7.82. The van der Waals surface area contributed by atoms with Gasteiger partial charge in [-0.1, -0.05) is 23.8 Å². The highest BCUT2D eigenvalue weighted by Gasteiger charge is 2.23. The fraction of sp³-hybridized carbons (Fsp3) is 0.381. The second-order valence-electron chi connectivity index (χ2n) is 7.17. The van der Waals surface area contributed by atoms with Gasteiger partial charge in [-0.2, -0.15) is 0 Å². The van der Waals surface area contributed by atoms with Crippen LogP contribution in [0.15, 0.2) is 41.3 Å². The molecular formula is C21H26N2O3S. The summed E-state index contributed by atoms with van der Waals surface area (Å²) in [5, 5.41) is 0. The van der Waals surface area contributed by atoms with Gasteiger partial charge in [-0.3, -0.25) is 4.79 Å². The van der Waals surface area contributed by atoms with Crippen molar-refractivity contribution in [1.29, 1.82) is 0 Å². The second-order valence-corrected chi connectivity index (χ2v) is 8.94. The number of sulfonamides is 1. The molecule has 0 atom stereocenters. The molecule has 0 aliphatic carbocycles. The van der Waals surface area contributed by atoms with E-state index < -0.39 is 10.0 Å². The van der Waals surface area contributed by atoms with Crippen LogP contribution in [-0.4, -0.2) is 27.4 Å². The van der Waals surface area contributed by atoms with Gasteiger partial charge >= 0.3 is 0 Å².